The summed E-state index contributed by atoms with van der Waals surface area (Å²) in [6.07, 6.45) is 0.931. The summed E-state index contributed by atoms with van der Waals surface area (Å²) in [7, 11) is 0. The molecule has 17 heavy (non-hydrogen) atoms. The summed E-state index contributed by atoms with van der Waals surface area (Å²) >= 11 is 0. The maximum atomic E-state index is 11.4. The topological polar surface area (TPSA) is 66.4 Å². The maximum Gasteiger partial charge on any atom is 0.325 e. The molecule has 4 heteroatoms. The van der Waals surface area contributed by atoms with Crippen LogP contribution in [-0.4, -0.2) is 23.0 Å². The van der Waals surface area contributed by atoms with Gasteiger partial charge < -0.3 is 10.4 Å². The molecule has 0 aromatic heterocycles. The molecule has 92 valence electrons. The van der Waals surface area contributed by atoms with Gasteiger partial charge in [-0.3, -0.25) is 9.59 Å². The Balaban J connectivity index is 2.41. The third-order valence-corrected chi connectivity index (χ3v) is 2.47. The Morgan fingerprint density at radius 3 is 2.71 bits per heavy atom. The standard InChI is InChI=1S/C13H17NO3/c1-9-4-3-5-11(8-9)6-7-12(15)14-10(2)13(16)17/h3-5,8,10H,6-7H2,1-2H3,(H,14,15)(H,16,17)/t10-/m0/s1. The molecule has 1 rings (SSSR count). The normalized spacial score (nSPS) is 11.9. The van der Waals surface area contributed by atoms with Crippen molar-refractivity contribution in [2.24, 2.45) is 0 Å². The van der Waals surface area contributed by atoms with Crippen LogP contribution in [0.1, 0.15) is 24.5 Å². The monoisotopic (exact) mass is 235 g/mol. The molecule has 0 aliphatic heterocycles. The van der Waals surface area contributed by atoms with E-state index in [9.17, 15) is 9.59 Å². The van der Waals surface area contributed by atoms with Crippen molar-refractivity contribution < 1.29 is 14.7 Å². The number of carbonyl (C=O) groups is 2. The Bertz CT molecular complexity index is 415. The molecular weight excluding hydrogens is 218 g/mol. The largest absolute Gasteiger partial charge is 0.480 e. The van der Waals surface area contributed by atoms with Crippen LogP contribution in [0.15, 0.2) is 24.3 Å². The third-order valence-electron chi connectivity index (χ3n) is 2.47. The highest BCUT2D eigenvalue weighted by Gasteiger charge is 2.13. The average molecular weight is 235 g/mol. The summed E-state index contributed by atoms with van der Waals surface area (Å²) in [6, 6.07) is 7.09. The van der Waals surface area contributed by atoms with Gasteiger partial charge in [-0.05, 0) is 25.8 Å². The zero-order valence-corrected chi connectivity index (χ0v) is 10.1. The van der Waals surface area contributed by atoms with Gasteiger partial charge in [-0.1, -0.05) is 29.8 Å². The lowest BCUT2D eigenvalue weighted by Gasteiger charge is -2.09. The molecule has 4 nitrogen and oxygen atoms in total. The Morgan fingerprint density at radius 2 is 2.12 bits per heavy atom. The Labute approximate surface area is 101 Å². The Kier molecular flexibility index (Phi) is 4.69. The van der Waals surface area contributed by atoms with Crippen molar-refractivity contribution in [3.63, 3.8) is 0 Å². The zero-order chi connectivity index (χ0) is 12.8. The molecule has 0 unspecified atom stereocenters. The Hall–Kier alpha value is -1.84. The minimum absolute atomic E-state index is 0.235. The number of benzene rings is 1. The van der Waals surface area contributed by atoms with E-state index < -0.39 is 12.0 Å². The lowest BCUT2D eigenvalue weighted by Crippen LogP contribution is -2.38. The molecule has 0 bridgehead atoms. The molecule has 0 fully saturated rings. The van der Waals surface area contributed by atoms with Crippen LogP contribution < -0.4 is 5.32 Å². The number of aryl methyl sites for hydroxylation is 2. The van der Waals surface area contributed by atoms with Gasteiger partial charge in [-0.2, -0.15) is 0 Å². The zero-order valence-electron chi connectivity index (χ0n) is 10.1. The maximum absolute atomic E-state index is 11.4. The number of aliphatic carboxylic acids is 1. The lowest BCUT2D eigenvalue weighted by atomic mass is 10.1. The molecule has 1 atom stereocenters. The molecule has 0 aliphatic rings. The molecule has 1 aromatic carbocycles. The van der Waals surface area contributed by atoms with Crippen molar-refractivity contribution >= 4 is 11.9 Å². The van der Waals surface area contributed by atoms with E-state index in [4.69, 9.17) is 5.11 Å². The second-order valence-electron chi connectivity index (χ2n) is 4.12. The van der Waals surface area contributed by atoms with Crippen LogP contribution in [0, 0.1) is 6.92 Å². The summed E-state index contributed by atoms with van der Waals surface area (Å²) in [5.41, 5.74) is 2.24. The van der Waals surface area contributed by atoms with E-state index in [0.717, 1.165) is 11.1 Å². The first-order chi connectivity index (χ1) is 7.99. The summed E-state index contributed by atoms with van der Waals surface area (Å²) in [6.45, 7) is 3.45. The molecule has 0 saturated carbocycles. The fourth-order valence-electron chi connectivity index (χ4n) is 1.50. The second-order valence-corrected chi connectivity index (χ2v) is 4.12. The number of nitrogens with one attached hydrogen (secondary N) is 1. The minimum atomic E-state index is -1.02. The number of hydrogen-bond donors (Lipinski definition) is 2. The van der Waals surface area contributed by atoms with Crippen molar-refractivity contribution in [2.75, 3.05) is 0 Å². The van der Waals surface area contributed by atoms with E-state index in [-0.39, 0.29) is 5.91 Å². The van der Waals surface area contributed by atoms with E-state index in [2.05, 4.69) is 5.32 Å². The van der Waals surface area contributed by atoms with Crippen LogP contribution in [0.25, 0.3) is 0 Å². The molecule has 1 aromatic rings. The van der Waals surface area contributed by atoms with Crippen LogP contribution in [-0.2, 0) is 16.0 Å². The summed E-state index contributed by atoms with van der Waals surface area (Å²) in [5.74, 6) is -1.25. The van der Waals surface area contributed by atoms with Crippen molar-refractivity contribution in [1.82, 2.24) is 5.32 Å². The fourth-order valence-corrected chi connectivity index (χ4v) is 1.50. The molecule has 0 aliphatic carbocycles. The predicted molar refractivity (Wildman–Crippen MR) is 64.7 cm³/mol. The molecule has 1 amide bonds. The summed E-state index contributed by atoms with van der Waals surface area (Å²) in [4.78, 5) is 22.0. The fraction of sp³-hybridized carbons (Fsp3) is 0.385. The highest BCUT2D eigenvalue weighted by molar-refractivity contribution is 5.83. The van der Waals surface area contributed by atoms with Crippen molar-refractivity contribution in [3.8, 4) is 0 Å². The van der Waals surface area contributed by atoms with Gasteiger partial charge in [0.05, 0.1) is 0 Å². The van der Waals surface area contributed by atoms with Crippen LogP contribution >= 0.6 is 0 Å². The van der Waals surface area contributed by atoms with Gasteiger partial charge in [0.25, 0.3) is 0 Å². The highest BCUT2D eigenvalue weighted by Crippen LogP contribution is 2.06. The lowest BCUT2D eigenvalue weighted by molar-refractivity contribution is -0.141. The van der Waals surface area contributed by atoms with Gasteiger partial charge in [0, 0.05) is 6.42 Å². The van der Waals surface area contributed by atoms with Crippen LogP contribution in [0.5, 0.6) is 0 Å². The van der Waals surface area contributed by atoms with Crippen LogP contribution in [0.3, 0.4) is 0 Å². The van der Waals surface area contributed by atoms with Crippen molar-refractivity contribution in [2.45, 2.75) is 32.7 Å². The molecular formula is C13H17NO3. The van der Waals surface area contributed by atoms with Gasteiger partial charge in [0.2, 0.25) is 5.91 Å². The SMILES string of the molecule is Cc1cccc(CCC(=O)N[C@@H](C)C(=O)O)c1. The van der Waals surface area contributed by atoms with Crippen LogP contribution in [0.2, 0.25) is 0 Å². The van der Waals surface area contributed by atoms with Gasteiger partial charge in [-0.25, -0.2) is 0 Å². The first-order valence-corrected chi connectivity index (χ1v) is 5.57. The average Bonchev–Trinajstić information content (AvgIpc) is 2.26. The molecule has 0 spiro atoms. The van der Waals surface area contributed by atoms with Crippen molar-refractivity contribution in [1.29, 1.82) is 0 Å². The van der Waals surface area contributed by atoms with E-state index in [1.165, 1.54) is 6.92 Å². The number of amides is 1. The summed E-state index contributed by atoms with van der Waals surface area (Å²) in [5, 5.41) is 11.1. The quantitative estimate of drug-likeness (QED) is 0.813. The van der Waals surface area contributed by atoms with Crippen molar-refractivity contribution in [3.05, 3.63) is 35.4 Å². The Morgan fingerprint density at radius 1 is 1.41 bits per heavy atom. The molecule has 0 saturated heterocycles. The first-order valence-electron chi connectivity index (χ1n) is 5.57. The van der Waals surface area contributed by atoms with Gasteiger partial charge in [-0.15, -0.1) is 0 Å². The van der Waals surface area contributed by atoms with Gasteiger partial charge in [0.1, 0.15) is 6.04 Å². The van der Waals surface area contributed by atoms with E-state index in [1.54, 1.807) is 0 Å². The van der Waals surface area contributed by atoms with Gasteiger partial charge in [0.15, 0.2) is 0 Å². The third kappa shape index (κ3) is 4.68. The highest BCUT2D eigenvalue weighted by atomic mass is 16.4. The molecule has 0 radical (unpaired) electrons. The number of carboxylic acids is 1. The first kappa shape index (κ1) is 13.2. The van der Waals surface area contributed by atoms with E-state index >= 15 is 0 Å². The summed E-state index contributed by atoms with van der Waals surface area (Å²) < 4.78 is 0. The minimum Gasteiger partial charge on any atom is -0.480 e. The molecule has 2 N–H and O–H groups in total. The van der Waals surface area contributed by atoms with E-state index in [1.807, 2.05) is 31.2 Å². The number of hydrogen-bond acceptors (Lipinski definition) is 2. The van der Waals surface area contributed by atoms with Gasteiger partial charge >= 0.3 is 5.97 Å². The van der Waals surface area contributed by atoms with Crippen LogP contribution in [0.4, 0.5) is 0 Å². The second kappa shape index (κ2) is 6.03. The smallest absolute Gasteiger partial charge is 0.325 e. The number of rotatable bonds is 5. The molecule has 0 heterocycles. The predicted octanol–water partition coefficient (Wildman–Crippen LogP) is 1.52. The number of carboxylic acid groups (broad SMARTS) is 1. The number of carbonyl (C=O) groups excluding carboxylic acids is 1. The van der Waals surface area contributed by atoms with E-state index in [0.29, 0.717) is 12.8 Å².